The number of hydrogen-bond acceptors (Lipinski definition) is 2. The molecule has 1 amide bonds. The molecule has 0 radical (unpaired) electrons. The molecule has 0 saturated heterocycles. The fraction of sp³-hybridized carbons (Fsp3) is 0.533. The number of nitrogens with one attached hydrogen (secondary N) is 1. The van der Waals surface area contributed by atoms with Crippen LogP contribution in [-0.2, 0) is 10.2 Å². The second-order valence-electron chi connectivity index (χ2n) is 5.65. The Morgan fingerprint density at radius 3 is 2.42 bits per heavy atom. The van der Waals surface area contributed by atoms with Crippen LogP contribution >= 0.6 is 11.6 Å². The molecule has 1 aromatic carbocycles. The van der Waals surface area contributed by atoms with Gasteiger partial charge in [0.1, 0.15) is 0 Å². The number of halogens is 1. The minimum atomic E-state index is -0.152. The van der Waals surface area contributed by atoms with E-state index >= 15 is 0 Å². The predicted octanol–water partition coefficient (Wildman–Crippen LogP) is 2.47. The smallest absolute Gasteiger partial charge is 0.224 e. The Balaban J connectivity index is 1.96. The molecule has 4 heteroatoms. The summed E-state index contributed by atoms with van der Waals surface area (Å²) in [5.41, 5.74) is 7.11. The van der Waals surface area contributed by atoms with Crippen LogP contribution in [0, 0.1) is 5.92 Å². The highest BCUT2D eigenvalue weighted by Gasteiger charge is 2.44. The van der Waals surface area contributed by atoms with Crippen molar-refractivity contribution in [3.05, 3.63) is 34.9 Å². The van der Waals surface area contributed by atoms with Crippen molar-refractivity contribution in [3.63, 3.8) is 0 Å². The van der Waals surface area contributed by atoms with Crippen molar-refractivity contribution >= 4 is 17.5 Å². The van der Waals surface area contributed by atoms with Crippen LogP contribution in [0.15, 0.2) is 24.3 Å². The molecular weight excluding hydrogens is 260 g/mol. The number of rotatable bonds is 5. The van der Waals surface area contributed by atoms with E-state index in [1.54, 1.807) is 0 Å². The van der Waals surface area contributed by atoms with Gasteiger partial charge in [-0.3, -0.25) is 4.79 Å². The van der Waals surface area contributed by atoms with Gasteiger partial charge in [-0.05, 0) is 37.5 Å². The third-order valence-corrected chi connectivity index (χ3v) is 4.37. The number of carbonyl (C=O) groups excluding carboxylic acids is 1. The van der Waals surface area contributed by atoms with Crippen molar-refractivity contribution in [1.82, 2.24) is 5.32 Å². The Hall–Kier alpha value is -1.06. The van der Waals surface area contributed by atoms with Gasteiger partial charge in [0.15, 0.2) is 0 Å². The lowest BCUT2D eigenvalue weighted by molar-refractivity contribution is -0.125. The van der Waals surface area contributed by atoms with Crippen LogP contribution in [0.4, 0.5) is 0 Å². The van der Waals surface area contributed by atoms with Gasteiger partial charge in [-0.2, -0.15) is 0 Å². The molecule has 2 rings (SSSR count). The fourth-order valence-electron chi connectivity index (χ4n) is 2.18. The van der Waals surface area contributed by atoms with E-state index in [9.17, 15) is 4.79 Å². The van der Waals surface area contributed by atoms with Crippen LogP contribution in [0.2, 0.25) is 5.02 Å². The fourth-order valence-corrected chi connectivity index (χ4v) is 2.30. The summed E-state index contributed by atoms with van der Waals surface area (Å²) in [6, 6.07) is 7.80. The molecule has 1 fully saturated rings. The summed E-state index contributed by atoms with van der Waals surface area (Å²) in [7, 11) is 0. The van der Waals surface area contributed by atoms with Gasteiger partial charge < -0.3 is 11.1 Å². The standard InChI is InChI=1S/C15H21ClN2O/c1-10(11(2)17)14(19)18-9-15(7-8-15)12-3-5-13(16)6-4-12/h3-6,10-11H,7-9,17H2,1-2H3,(H,18,19). The number of amides is 1. The van der Waals surface area contributed by atoms with E-state index in [1.807, 2.05) is 26.0 Å². The van der Waals surface area contributed by atoms with Gasteiger partial charge in [0.05, 0.1) is 0 Å². The van der Waals surface area contributed by atoms with Crippen molar-refractivity contribution < 1.29 is 4.79 Å². The molecule has 3 nitrogen and oxygen atoms in total. The van der Waals surface area contributed by atoms with E-state index in [1.165, 1.54) is 5.56 Å². The molecule has 0 heterocycles. The van der Waals surface area contributed by atoms with Gasteiger partial charge in [0, 0.05) is 28.9 Å². The summed E-state index contributed by atoms with van der Waals surface area (Å²) in [6.07, 6.45) is 2.23. The van der Waals surface area contributed by atoms with Crippen LogP contribution in [0.3, 0.4) is 0 Å². The average molecular weight is 281 g/mol. The maximum absolute atomic E-state index is 11.9. The maximum atomic E-state index is 11.9. The predicted molar refractivity (Wildman–Crippen MR) is 78.2 cm³/mol. The van der Waals surface area contributed by atoms with Gasteiger partial charge >= 0.3 is 0 Å². The minimum Gasteiger partial charge on any atom is -0.355 e. The van der Waals surface area contributed by atoms with E-state index in [-0.39, 0.29) is 23.3 Å². The molecule has 1 aliphatic carbocycles. The van der Waals surface area contributed by atoms with Gasteiger partial charge in [0.25, 0.3) is 0 Å². The zero-order valence-corrected chi connectivity index (χ0v) is 12.2. The van der Waals surface area contributed by atoms with E-state index in [4.69, 9.17) is 17.3 Å². The minimum absolute atomic E-state index is 0.0373. The first-order valence-corrected chi connectivity index (χ1v) is 7.12. The zero-order chi connectivity index (χ0) is 14.0. The molecule has 1 aromatic rings. The summed E-state index contributed by atoms with van der Waals surface area (Å²) < 4.78 is 0. The summed E-state index contributed by atoms with van der Waals surface area (Å²) in [4.78, 5) is 11.9. The molecular formula is C15H21ClN2O. The Morgan fingerprint density at radius 2 is 1.95 bits per heavy atom. The summed E-state index contributed by atoms with van der Waals surface area (Å²) >= 11 is 5.90. The molecule has 0 spiro atoms. The lowest BCUT2D eigenvalue weighted by atomic mass is 9.95. The summed E-state index contributed by atoms with van der Waals surface area (Å²) in [5.74, 6) is -0.115. The second kappa shape index (κ2) is 5.51. The van der Waals surface area contributed by atoms with E-state index in [0.717, 1.165) is 17.9 Å². The zero-order valence-electron chi connectivity index (χ0n) is 11.4. The molecule has 2 unspecified atom stereocenters. The largest absolute Gasteiger partial charge is 0.355 e. The highest BCUT2D eigenvalue weighted by atomic mass is 35.5. The first-order chi connectivity index (χ1) is 8.94. The van der Waals surface area contributed by atoms with Crippen LogP contribution in [-0.4, -0.2) is 18.5 Å². The van der Waals surface area contributed by atoms with Gasteiger partial charge in [0.2, 0.25) is 5.91 Å². The quantitative estimate of drug-likeness (QED) is 0.871. The van der Waals surface area contributed by atoms with Crippen molar-refractivity contribution in [2.45, 2.75) is 38.1 Å². The van der Waals surface area contributed by atoms with Crippen molar-refractivity contribution in [2.24, 2.45) is 11.7 Å². The molecule has 0 aromatic heterocycles. The molecule has 1 saturated carbocycles. The Labute approximate surface area is 119 Å². The van der Waals surface area contributed by atoms with E-state index in [2.05, 4.69) is 17.4 Å². The molecule has 104 valence electrons. The molecule has 1 aliphatic rings. The molecule has 19 heavy (non-hydrogen) atoms. The highest BCUT2D eigenvalue weighted by molar-refractivity contribution is 6.30. The third-order valence-electron chi connectivity index (χ3n) is 4.11. The summed E-state index contributed by atoms with van der Waals surface area (Å²) in [5, 5.41) is 3.77. The Bertz CT molecular complexity index is 452. The van der Waals surface area contributed by atoms with Crippen LogP contribution < -0.4 is 11.1 Å². The van der Waals surface area contributed by atoms with Crippen LogP contribution in [0.25, 0.3) is 0 Å². The van der Waals surface area contributed by atoms with Gasteiger partial charge in [-0.25, -0.2) is 0 Å². The second-order valence-corrected chi connectivity index (χ2v) is 6.09. The SMILES string of the molecule is CC(N)C(C)C(=O)NCC1(c2ccc(Cl)cc2)CC1. The number of benzene rings is 1. The summed E-state index contributed by atoms with van der Waals surface area (Å²) in [6.45, 7) is 4.41. The molecule has 0 aliphatic heterocycles. The first-order valence-electron chi connectivity index (χ1n) is 6.74. The van der Waals surface area contributed by atoms with E-state index in [0.29, 0.717) is 6.54 Å². The number of hydrogen-bond donors (Lipinski definition) is 2. The first kappa shape index (κ1) is 14.4. The van der Waals surface area contributed by atoms with Crippen molar-refractivity contribution in [3.8, 4) is 0 Å². The monoisotopic (exact) mass is 280 g/mol. The van der Waals surface area contributed by atoms with Crippen molar-refractivity contribution in [2.75, 3.05) is 6.54 Å². The lowest BCUT2D eigenvalue weighted by Gasteiger charge is -2.20. The molecule has 2 atom stereocenters. The van der Waals surface area contributed by atoms with Gasteiger partial charge in [-0.1, -0.05) is 30.7 Å². The molecule has 3 N–H and O–H groups in total. The Kier molecular flexibility index (Phi) is 4.16. The van der Waals surface area contributed by atoms with Crippen LogP contribution in [0.1, 0.15) is 32.3 Å². The van der Waals surface area contributed by atoms with E-state index < -0.39 is 0 Å². The topological polar surface area (TPSA) is 55.1 Å². The number of carbonyl (C=O) groups is 1. The van der Waals surface area contributed by atoms with Gasteiger partial charge in [-0.15, -0.1) is 0 Å². The van der Waals surface area contributed by atoms with Crippen LogP contribution in [0.5, 0.6) is 0 Å². The normalized spacial score (nSPS) is 19.6. The lowest BCUT2D eigenvalue weighted by Crippen LogP contribution is -2.41. The number of nitrogens with two attached hydrogens (primary N) is 1. The maximum Gasteiger partial charge on any atom is 0.224 e. The average Bonchev–Trinajstić information content (AvgIpc) is 3.17. The third kappa shape index (κ3) is 3.28. The molecule has 0 bridgehead atoms. The highest BCUT2D eigenvalue weighted by Crippen LogP contribution is 2.47. The van der Waals surface area contributed by atoms with Crippen molar-refractivity contribution in [1.29, 1.82) is 0 Å². The Morgan fingerprint density at radius 1 is 1.37 bits per heavy atom.